The molecule has 3 heteroatoms. The first kappa shape index (κ1) is 5.98. The third-order valence-electron chi connectivity index (χ3n) is 1.40. The molecule has 0 aromatic rings. The molecule has 0 aromatic heterocycles. The first-order valence-corrected chi connectivity index (χ1v) is 2.67. The fourth-order valence-corrected chi connectivity index (χ4v) is 0.711. The van der Waals surface area contributed by atoms with Crippen LogP contribution in [0.25, 0.3) is 0 Å². The molecule has 0 atom stereocenters. The highest BCUT2D eigenvalue weighted by atomic mass is 19.1. The number of rotatable bonds is 2. The number of ether oxygens (including phenoxy) is 1. The van der Waals surface area contributed by atoms with E-state index in [4.69, 9.17) is 4.74 Å². The highest BCUT2D eigenvalue weighted by Crippen LogP contribution is 2.14. The average Bonchev–Trinajstić information content (AvgIpc) is 1.64. The lowest BCUT2D eigenvalue weighted by Gasteiger charge is -2.37. The van der Waals surface area contributed by atoms with Crippen molar-refractivity contribution in [1.82, 2.24) is 5.32 Å². The Labute approximate surface area is 48.0 Å². The summed E-state index contributed by atoms with van der Waals surface area (Å²) in [6, 6.07) is 0. The van der Waals surface area contributed by atoms with Crippen LogP contribution in [-0.4, -0.2) is 25.6 Å². The predicted octanol–water partition coefficient (Wildman–Crippen LogP) is 0.292. The van der Waals surface area contributed by atoms with Gasteiger partial charge in [0.15, 0.2) is 6.86 Å². The third-order valence-corrected chi connectivity index (χ3v) is 1.40. The van der Waals surface area contributed by atoms with E-state index in [1.165, 1.54) is 0 Å². The number of nitrogens with one attached hydrogen (secondary N) is 1. The van der Waals surface area contributed by atoms with Crippen LogP contribution in [0, 0.1) is 0 Å². The summed E-state index contributed by atoms with van der Waals surface area (Å²) in [5, 5.41) is 2.99. The van der Waals surface area contributed by atoms with Crippen molar-refractivity contribution in [2.75, 3.05) is 20.0 Å². The monoisotopic (exact) mass is 119 g/mol. The average molecular weight is 119 g/mol. The molecule has 0 bridgehead atoms. The van der Waals surface area contributed by atoms with Gasteiger partial charge < -0.3 is 10.1 Å². The van der Waals surface area contributed by atoms with E-state index in [-0.39, 0.29) is 5.60 Å². The van der Waals surface area contributed by atoms with Crippen molar-refractivity contribution in [3.8, 4) is 0 Å². The quantitative estimate of drug-likeness (QED) is 0.564. The van der Waals surface area contributed by atoms with Gasteiger partial charge in [0.2, 0.25) is 0 Å². The summed E-state index contributed by atoms with van der Waals surface area (Å²) in [7, 11) is 0. The second-order valence-corrected chi connectivity index (χ2v) is 2.31. The molecule has 0 saturated carbocycles. The van der Waals surface area contributed by atoms with E-state index in [1.807, 2.05) is 6.92 Å². The molecule has 8 heavy (non-hydrogen) atoms. The van der Waals surface area contributed by atoms with E-state index >= 15 is 0 Å². The topological polar surface area (TPSA) is 21.3 Å². The zero-order chi connectivity index (χ0) is 6.04. The van der Waals surface area contributed by atoms with Gasteiger partial charge in [-0.1, -0.05) is 0 Å². The van der Waals surface area contributed by atoms with Gasteiger partial charge in [-0.2, -0.15) is 0 Å². The molecule has 1 rings (SSSR count). The summed E-state index contributed by atoms with van der Waals surface area (Å²) in [5.74, 6) is 0. The van der Waals surface area contributed by atoms with Crippen LogP contribution >= 0.6 is 0 Å². The summed E-state index contributed by atoms with van der Waals surface area (Å²) >= 11 is 0. The molecule has 0 unspecified atom stereocenters. The van der Waals surface area contributed by atoms with Crippen molar-refractivity contribution in [3.05, 3.63) is 0 Å². The maximum atomic E-state index is 11.5. The van der Waals surface area contributed by atoms with Gasteiger partial charge in [0.05, 0.1) is 5.60 Å². The lowest BCUT2D eigenvalue weighted by molar-refractivity contribution is -0.102. The summed E-state index contributed by atoms with van der Waals surface area (Å²) in [6.45, 7) is 2.77. The van der Waals surface area contributed by atoms with Gasteiger partial charge in [-0.05, 0) is 6.92 Å². The lowest BCUT2D eigenvalue weighted by Crippen LogP contribution is -2.58. The number of alkyl halides is 1. The molecule has 0 spiro atoms. The molecule has 1 aliphatic rings. The molecule has 0 aromatic carbocycles. The molecule has 1 saturated heterocycles. The normalized spacial score (nSPS) is 24.8. The van der Waals surface area contributed by atoms with Gasteiger partial charge in [0.1, 0.15) is 0 Å². The fourth-order valence-electron chi connectivity index (χ4n) is 0.711. The van der Waals surface area contributed by atoms with Crippen LogP contribution in [0.1, 0.15) is 6.92 Å². The van der Waals surface area contributed by atoms with Gasteiger partial charge in [-0.25, -0.2) is 4.39 Å². The largest absolute Gasteiger partial charge is 0.342 e. The molecule has 48 valence electrons. The van der Waals surface area contributed by atoms with Gasteiger partial charge in [-0.15, -0.1) is 0 Å². The van der Waals surface area contributed by atoms with Crippen LogP contribution in [0.15, 0.2) is 0 Å². The number of halogens is 1. The van der Waals surface area contributed by atoms with Crippen LogP contribution in [0.3, 0.4) is 0 Å². The van der Waals surface area contributed by atoms with Gasteiger partial charge in [0.25, 0.3) is 0 Å². The minimum Gasteiger partial charge on any atom is -0.342 e. The molecule has 1 aliphatic heterocycles. The maximum absolute atomic E-state index is 11.5. The van der Waals surface area contributed by atoms with Gasteiger partial charge >= 0.3 is 0 Å². The van der Waals surface area contributed by atoms with Gasteiger partial charge in [-0.3, -0.25) is 0 Å². The Kier molecular flexibility index (Phi) is 1.49. The van der Waals surface area contributed by atoms with Crippen LogP contribution in [-0.2, 0) is 4.74 Å². The molecule has 0 amide bonds. The standard InChI is InChI=1S/C5H10FNO/c1-5(8-4-6)2-7-3-5/h7H,2-4H2,1H3. The molecule has 1 fully saturated rings. The van der Waals surface area contributed by atoms with Crippen molar-refractivity contribution in [3.63, 3.8) is 0 Å². The Balaban J connectivity index is 2.20. The van der Waals surface area contributed by atoms with Crippen molar-refractivity contribution >= 4 is 0 Å². The highest BCUT2D eigenvalue weighted by Gasteiger charge is 2.32. The second kappa shape index (κ2) is 1.99. The Hall–Kier alpha value is -0.150. The molecule has 1 heterocycles. The summed E-state index contributed by atoms with van der Waals surface area (Å²) < 4.78 is 16.2. The van der Waals surface area contributed by atoms with E-state index < -0.39 is 6.86 Å². The molecule has 0 aliphatic carbocycles. The fraction of sp³-hybridized carbons (Fsp3) is 1.00. The van der Waals surface area contributed by atoms with Gasteiger partial charge in [0, 0.05) is 13.1 Å². The van der Waals surface area contributed by atoms with Crippen LogP contribution in [0.4, 0.5) is 4.39 Å². The first-order chi connectivity index (χ1) is 3.77. The van der Waals surface area contributed by atoms with E-state index in [0.717, 1.165) is 13.1 Å². The smallest absolute Gasteiger partial charge is 0.189 e. The second-order valence-electron chi connectivity index (χ2n) is 2.31. The summed E-state index contributed by atoms with van der Waals surface area (Å²) in [4.78, 5) is 0. The predicted molar refractivity (Wildman–Crippen MR) is 28.3 cm³/mol. The third kappa shape index (κ3) is 0.980. The summed E-state index contributed by atoms with van der Waals surface area (Å²) in [5.41, 5.74) is -0.214. The zero-order valence-electron chi connectivity index (χ0n) is 4.91. The van der Waals surface area contributed by atoms with Crippen molar-refractivity contribution in [2.24, 2.45) is 0 Å². The summed E-state index contributed by atoms with van der Waals surface area (Å²) in [6.07, 6.45) is 0. The van der Waals surface area contributed by atoms with Crippen LogP contribution in [0.2, 0.25) is 0 Å². The molecular formula is C5H10FNO. The Morgan fingerprint density at radius 2 is 2.38 bits per heavy atom. The molecule has 2 nitrogen and oxygen atoms in total. The van der Waals surface area contributed by atoms with E-state index in [0.29, 0.717) is 0 Å². The van der Waals surface area contributed by atoms with Crippen LogP contribution in [0.5, 0.6) is 0 Å². The van der Waals surface area contributed by atoms with Crippen molar-refractivity contribution in [2.45, 2.75) is 12.5 Å². The molecule has 1 N–H and O–H groups in total. The molecule has 0 radical (unpaired) electrons. The minimum absolute atomic E-state index is 0.214. The Bertz CT molecular complexity index is 82.5. The minimum atomic E-state index is -0.668. The number of hydrogen-bond donors (Lipinski definition) is 1. The van der Waals surface area contributed by atoms with E-state index in [9.17, 15) is 4.39 Å². The molecular weight excluding hydrogens is 109 g/mol. The number of hydrogen-bond acceptors (Lipinski definition) is 2. The lowest BCUT2D eigenvalue weighted by atomic mass is 10.0. The first-order valence-electron chi connectivity index (χ1n) is 2.67. The van der Waals surface area contributed by atoms with E-state index in [1.54, 1.807) is 0 Å². The zero-order valence-corrected chi connectivity index (χ0v) is 4.91. The highest BCUT2D eigenvalue weighted by molar-refractivity contribution is 4.89. The SMILES string of the molecule is CC1(OCF)CNC1. The van der Waals surface area contributed by atoms with Crippen LogP contribution < -0.4 is 5.32 Å². The maximum Gasteiger partial charge on any atom is 0.189 e. The van der Waals surface area contributed by atoms with Crippen molar-refractivity contribution < 1.29 is 9.13 Å². The van der Waals surface area contributed by atoms with E-state index in [2.05, 4.69) is 5.32 Å². The van der Waals surface area contributed by atoms with Crippen molar-refractivity contribution in [1.29, 1.82) is 0 Å². The Morgan fingerprint density at radius 3 is 2.50 bits per heavy atom. The Morgan fingerprint density at radius 1 is 1.75 bits per heavy atom.